The lowest BCUT2D eigenvalue weighted by atomic mass is 9.96. The van der Waals surface area contributed by atoms with E-state index in [1.165, 1.54) is 89.9 Å². The molecule has 1 fully saturated rings. The molecule has 0 aromatic heterocycles. The van der Waals surface area contributed by atoms with Gasteiger partial charge in [0, 0.05) is 12.8 Å². The van der Waals surface area contributed by atoms with Gasteiger partial charge in [0.25, 0.3) is 0 Å². The van der Waals surface area contributed by atoms with Crippen LogP contribution in [0.5, 0.6) is 0 Å². The van der Waals surface area contributed by atoms with Crippen molar-refractivity contribution in [2.75, 3.05) is 6.61 Å². The van der Waals surface area contributed by atoms with Crippen LogP contribution in [0.4, 0.5) is 0 Å². The molecule has 2 aromatic rings. The molecule has 0 radical (unpaired) electrons. The van der Waals surface area contributed by atoms with Crippen LogP contribution in [0.2, 0.25) is 0 Å². The topological polar surface area (TPSA) is 167 Å². The maximum Gasteiger partial charge on any atom is 0.308 e. The fourth-order valence-corrected chi connectivity index (χ4v) is 8.15. The first kappa shape index (κ1) is 55.5. The highest BCUT2D eigenvalue weighted by Gasteiger charge is 2.49. The van der Waals surface area contributed by atoms with E-state index in [9.17, 15) is 29.4 Å². The van der Waals surface area contributed by atoms with Gasteiger partial charge in [0.1, 0.15) is 31.5 Å². The number of hydrogen-bond donors (Lipinski definition) is 3. The van der Waals surface area contributed by atoms with Gasteiger partial charge < -0.3 is 39.2 Å². The van der Waals surface area contributed by atoms with Crippen molar-refractivity contribution in [2.45, 2.75) is 231 Å². The van der Waals surface area contributed by atoms with Crippen molar-refractivity contribution in [3.63, 3.8) is 0 Å². The summed E-state index contributed by atoms with van der Waals surface area (Å²) in [7, 11) is 0. The Morgan fingerprint density at radius 2 is 1.00 bits per heavy atom. The summed E-state index contributed by atoms with van der Waals surface area (Å²) in [5.74, 6) is -2.23. The van der Waals surface area contributed by atoms with Gasteiger partial charge in [-0.15, -0.1) is 0 Å². The number of carbonyl (C=O) groups is 4. The first-order chi connectivity index (χ1) is 31.7. The van der Waals surface area contributed by atoms with Gasteiger partial charge in [0.2, 0.25) is 5.91 Å². The fraction of sp³-hybridized carbons (Fsp3) is 0.698. The summed E-state index contributed by atoms with van der Waals surface area (Å²) in [4.78, 5) is 53.6. The standard InChI is InChI=1S/C53H83NO11/c1-3-5-7-9-11-13-15-17-19-21-29-35-46(56)54-50-52(65-47(57)36-30-22-20-18-16-14-12-10-8-6-4-2)51(60)45(39-55)64-53(50)63-44(37-48(58)61-40-42-31-25-23-26-32-42)38-49(59)62-41-43-33-27-24-28-34-43/h23-28,31-34,44-45,50-53,55,60H,3-22,29-30,35-41H2,1-2H3,(H,54,56)/t45-,50-,51-,52-,53-/m1/s1. The largest absolute Gasteiger partial charge is 0.461 e. The summed E-state index contributed by atoms with van der Waals surface area (Å²) in [6, 6.07) is 17.1. The van der Waals surface area contributed by atoms with Crippen molar-refractivity contribution in [2.24, 2.45) is 0 Å². The van der Waals surface area contributed by atoms with Gasteiger partial charge in [-0.1, -0.05) is 203 Å². The number of unbranched alkanes of at least 4 members (excludes halogenated alkanes) is 20. The van der Waals surface area contributed by atoms with E-state index in [1.807, 2.05) is 60.7 Å². The zero-order chi connectivity index (χ0) is 46.7. The second kappa shape index (κ2) is 35.4. The van der Waals surface area contributed by atoms with Crippen LogP contribution < -0.4 is 5.32 Å². The molecule has 3 rings (SSSR count). The van der Waals surface area contributed by atoms with E-state index in [1.54, 1.807) is 0 Å². The average molecular weight is 910 g/mol. The molecule has 0 saturated carbocycles. The van der Waals surface area contributed by atoms with Gasteiger partial charge in [-0.2, -0.15) is 0 Å². The molecule has 2 aromatic carbocycles. The second-order valence-electron chi connectivity index (χ2n) is 17.8. The summed E-state index contributed by atoms with van der Waals surface area (Å²) in [5.41, 5.74) is 1.55. The molecule has 65 heavy (non-hydrogen) atoms. The fourth-order valence-electron chi connectivity index (χ4n) is 8.15. The molecule has 0 bridgehead atoms. The average Bonchev–Trinajstić information content (AvgIpc) is 3.31. The number of nitrogens with one attached hydrogen (secondary N) is 1. The van der Waals surface area contributed by atoms with Gasteiger partial charge in [-0.25, -0.2) is 0 Å². The van der Waals surface area contributed by atoms with E-state index >= 15 is 0 Å². The number of esters is 3. The molecule has 1 aliphatic heterocycles. The third kappa shape index (κ3) is 25.0. The zero-order valence-corrected chi connectivity index (χ0v) is 39.8. The molecule has 1 aliphatic rings. The molecule has 366 valence electrons. The number of rotatable bonds is 37. The molecule has 1 saturated heterocycles. The summed E-state index contributed by atoms with van der Waals surface area (Å²) >= 11 is 0. The maximum atomic E-state index is 13.6. The number of amides is 1. The Balaban J connectivity index is 1.70. The minimum atomic E-state index is -1.52. The van der Waals surface area contributed by atoms with Crippen LogP contribution in [-0.2, 0) is 56.1 Å². The first-order valence-electron chi connectivity index (χ1n) is 25.2. The summed E-state index contributed by atoms with van der Waals surface area (Å²) in [6.45, 7) is 3.78. The van der Waals surface area contributed by atoms with Crippen LogP contribution in [0, 0.1) is 0 Å². The molecule has 0 unspecified atom stereocenters. The number of ether oxygens (including phenoxy) is 5. The van der Waals surface area contributed by atoms with Crippen molar-refractivity contribution >= 4 is 23.8 Å². The van der Waals surface area contributed by atoms with Crippen molar-refractivity contribution in [3.8, 4) is 0 Å². The third-order valence-electron chi connectivity index (χ3n) is 12.0. The van der Waals surface area contributed by atoms with E-state index < -0.39 is 61.3 Å². The summed E-state index contributed by atoms with van der Waals surface area (Å²) in [5, 5.41) is 24.7. The molecule has 5 atom stereocenters. The smallest absolute Gasteiger partial charge is 0.308 e. The molecule has 12 nitrogen and oxygen atoms in total. The van der Waals surface area contributed by atoms with Crippen LogP contribution >= 0.6 is 0 Å². The molecule has 0 aliphatic carbocycles. The molecule has 1 amide bonds. The monoisotopic (exact) mass is 910 g/mol. The predicted molar refractivity (Wildman–Crippen MR) is 252 cm³/mol. The van der Waals surface area contributed by atoms with E-state index in [2.05, 4.69) is 19.2 Å². The van der Waals surface area contributed by atoms with E-state index in [0.717, 1.165) is 49.7 Å². The van der Waals surface area contributed by atoms with Gasteiger partial charge in [0.15, 0.2) is 12.4 Å². The van der Waals surface area contributed by atoms with E-state index in [-0.39, 0.29) is 44.8 Å². The predicted octanol–water partition coefficient (Wildman–Crippen LogP) is 10.5. The highest BCUT2D eigenvalue weighted by atomic mass is 16.7. The number of aliphatic hydroxyl groups excluding tert-OH is 2. The minimum absolute atomic E-state index is 0.00155. The number of aliphatic hydroxyl groups is 2. The van der Waals surface area contributed by atoms with Crippen LogP contribution in [0.3, 0.4) is 0 Å². The Hall–Kier alpha value is -3.84. The van der Waals surface area contributed by atoms with Gasteiger partial charge in [-0.3, -0.25) is 19.2 Å². The number of benzene rings is 2. The van der Waals surface area contributed by atoms with Crippen LogP contribution in [-0.4, -0.2) is 77.4 Å². The lowest BCUT2D eigenvalue weighted by Gasteiger charge is -2.44. The van der Waals surface area contributed by atoms with Gasteiger partial charge >= 0.3 is 17.9 Å². The molecular formula is C53H83NO11. The van der Waals surface area contributed by atoms with Crippen molar-refractivity contribution in [1.82, 2.24) is 5.32 Å². The van der Waals surface area contributed by atoms with Gasteiger partial charge in [0.05, 0.1) is 25.6 Å². The minimum Gasteiger partial charge on any atom is -0.461 e. The SMILES string of the molecule is CCCCCCCCCCCCCC(=O)N[C@H]1[C@H](OC(CC(=O)OCc2ccccc2)CC(=O)OCc2ccccc2)O[C@H](CO)[C@@H](O)[C@@H]1OC(=O)CCCCCCCCCCCCC. The van der Waals surface area contributed by atoms with Crippen molar-refractivity contribution < 1.29 is 53.1 Å². The van der Waals surface area contributed by atoms with E-state index in [0.29, 0.717) is 12.8 Å². The molecule has 1 heterocycles. The first-order valence-corrected chi connectivity index (χ1v) is 25.2. The lowest BCUT2D eigenvalue weighted by Crippen LogP contribution is -2.66. The Morgan fingerprint density at radius 3 is 1.43 bits per heavy atom. The Bertz CT molecular complexity index is 1490. The normalized spacial score (nSPS) is 18.3. The summed E-state index contributed by atoms with van der Waals surface area (Å²) in [6.07, 6.45) is 17.5. The van der Waals surface area contributed by atoms with Crippen molar-refractivity contribution in [3.05, 3.63) is 71.8 Å². The highest BCUT2D eigenvalue weighted by Crippen LogP contribution is 2.28. The lowest BCUT2D eigenvalue weighted by molar-refractivity contribution is -0.285. The molecular weight excluding hydrogens is 827 g/mol. The Labute approximate surface area is 390 Å². The molecule has 0 spiro atoms. The maximum absolute atomic E-state index is 13.6. The second-order valence-corrected chi connectivity index (χ2v) is 17.8. The van der Waals surface area contributed by atoms with Crippen LogP contribution in [0.25, 0.3) is 0 Å². The van der Waals surface area contributed by atoms with E-state index in [4.69, 9.17) is 23.7 Å². The molecule has 12 heteroatoms. The third-order valence-corrected chi connectivity index (χ3v) is 12.0. The quantitative estimate of drug-likeness (QED) is 0.0335. The highest BCUT2D eigenvalue weighted by molar-refractivity contribution is 5.76. The Kier molecular flexibility index (Phi) is 30.2. The molecule has 3 N–H and O–H groups in total. The van der Waals surface area contributed by atoms with Gasteiger partial charge in [-0.05, 0) is 24.0 Å². The van der Waals surface area contributed by atoms with Crippen molar-refractivity contribution in [1.29, 1.82) is 0 Å². The van der Waals surface area contributed by atoms with Crippen LogP contribution in [0.15, 0.2) is 60.7 Å². The zero-order valence-electron chi connectivity index (χ0n) is 39.8. The summed E-state index contributed by atoms with van der Waals surface area (Å²) < 4.78 is 29.5. The number of carbonyl (C=O) groups excluding carboxylic acids is 4. The van der Waals surface area contributed by atoms with Crippen LogP contribution in [0.1, 0.15) is 192 Å². The Morgan fingerprint density at radius 1 is 0.585 bits per heavy atom. The number of hydrogen-bond acceptors (Lipinski definition) is 11.